The summed E-state index contributed by atoms with van der Waals surface area (Å²) in [5, 5.41) is 0. The van der Waals surface area contributed by atoms with Crippen molar-refractivity contribution < 1.29 is 28.6 Å². The molecule has 0 heterocycles. The van der Waals surface area contributed by atoms with Crippen molar-refractivity contribution in [3.63, 3.8) is 0 Å². The van der Waals surface area contributed by atoms with Gasteiger partial charge < -0.3 is 14.2 Å². The van der Waals surface area contributed by atoms with Crippen LogP contribution in [-0.2, 0) is 28.6 Å². The molecule has 0 saturated heterocycles. The second-order valence-electron chi connectivity index (χ2n) is 22.0. The molecule has 0 spiro atoms. The van der Waals surface area contributed by atoms with Gasteiger partial charge in [0.2, 0.25) is 0 Å². The lowest BCUT2D eigenvalue weighted by Crippen LogP contribution is -2.30. The normalized spacial score (nSPS) is 13.1. The van der Waals surface area contributed by atoms with Gasteiger partial charge >= 0.3 is 17.9 Å². The maximum Gasteiger partial charge on any atom is 0.306 e. The zero-order valence-electron chi connectivity index (χ0n) is 53.7. The summed E-state index contributed by atoms with van der Waals surface area (Å²) in [5.74, 6) is -0.945. The molecule has 0 aliphatic carbocycles. The molecule has 468 valence electrons. The fourth-order valence-electron chi connectivity index (χ4n) is 8.97. The topological polar surface area (TPSA) is 78.9 Å². The zero-order valence-corrected chi connectivity index (χ0v) is 53.7. The van der Waals surface area contributed by atoms with Crippen LogP contribution >= 0.6 is 0 Å². The summed E-state index contributed by atoms with van der Waals surface area (Å²) < 4.78 is 16.9. The van der Waals surface area contributed by atoms with E-state index in [1.807, 2.05) is 0 Å². The van der Waals surface area contributed by atoms with E-state index in [4.69, 9.17) is 14.2 Å². The molecule has 0 aliphatic rings. The van der Waals surface area contributed by atoms with Gasteiger partial charge in [0.05, 0.1) is 0 Å². The quantitative estimate of drug-likeness (QED) is 0.0261. The molecule has 0 radical (unpaired) electrons. The van der Waals surface area contributed by atoms with Gasteiger partial charge in [-0.2, -0.15) is 0 Å². The van der Waals surface area contributed by atoms with Crippen LogP contribution in [0.5, 0.6) is 0 Å². The number of carbonyl (C=O) groups excluding carboxylic acids is 3. The van der Waals surface area contributed by atoms with Crippen molar-refractivity contribution in [1.82, 2.24) is 0 Å². The van der Waals surface area contributed by atoms with Gasteiger partial charge in [-0.05, 0) is 148 Å². The number of allylic oxidation sites excluding steroid dienone is 26. The van der Waals surface area contributed by atoms with E-state index in [2.05, 4.69) is 179 Å². The second-order valence-corrected chi connectivity index (χ2v) is 22.0. The molecule has 0 aromatic heterocycles. The monoisotopic (exact) mass is 1140 g/mol. The number of ether oxygens (including phenoxy) is 3. The summed E-state index contributed by atoms with van der Waals surface area (Å²) >= 11 is 0. The van der Waals surface area contributed by atoms with Gasteiger partial charge in [0, 0.05) is 19.3 Å². The summed E-state index contributed by atoms with van der Waals surface area (Å²) in [6.07, 6.45) is 101. The molecule has 0 fully saturated rings. The first kappa shape index (κ1) is 78.0. The molecule has 1 atom stereocenters. The van der Waals surface area contributed by atoms with E-state index in [0.717, 1.165) is 154 Å². The van der Waals surface area contributed by atoms with Crippen LogP contribution in [0.2, 0.25) is 0 Å². The molecule has 6 nitrogen and oxygen atoms in total. The van der Waals surface area contributed by atoms with Crippen molar-refractivity contribution in [3.05, 3.63) is 158 Å². The SMILES string of the molecule is CC/C=C\C/C=C\C/C=C\C/C=C\C/C=C\C/C=C\C/C=C\CCCCCCCCCCCCCC(=O)OCC(COC(=O)CCCCC/C=C\C/C=C\C/C=C\CC)OC(=O)CCCCCCCC/C=C\C/C=C\C/C=C\CCCCC. The van der Waals surface area contributed by atoms with E-state index >= 15 is 0 Å². The van der Waals surface area contributed by atoms with Gasteiger partial charge in [-0.3, -0.25) is 14.4 Å². The van der Waals surface area contributed by atoms with E-state index in [1.165, 1.54) is 96.3 Å². The minimum atomic E-state index is -0.806. The largest absolute Gasteiger partial charge is 0.462 e. The standard InChI is InChI=1S/C77H124O6/c1-4-7-10-13-16-19-22-25-27-29-31-32-33-34-35-36-37-38-39-40-41-42-43-44-46-47-49-52-55-58-61-64-67-70-76(79)82-73-74(72-81-75(78)69-66-63-60-57-54-51-24-21-18-15-12-9-6-3)83-77(80)71-68-65-62-59-56-53-50-48-45-30-28-26-23-20-17-14-11-8-5-2/h7,9-10,12,16-21,25-28,31-32,34-35,37-38,40-41,45,48,51,54,74H,4-6,8,11,13-15,22-24,29-30,33,36,39,42-44,46-47,49-50,52-53,55-73H2,1-3H3/b10-7-,12-9-,19-16-,20-17-,21-18-,27-25-,28-26-,32-31-,35-34-,38-37-,41-40-,48-45-,54-51-. The van der Waals surface area contributed by atoms with Crippen molar-refractivity contribution in [2.75, 3.05) is 13.2 Å². The minimum Gasteiger partial charge on any atom is -0.462 e. The predicted molar refractivity (Wildman–Crippen MR) is 362 cm³/mol. The van der Waals surface area contributed by atoms with Crippen LogP contribution < -0.4 is 0 Å². The molecule has 0 aromatic carbocycles. The molecule has 83 heavy (non-hydrogen) atoms. The molecule has 1 unspecified atom stereocenters. The third-order valence-electron chi connectivity index (χ3n) is 14.0. The lowest BCUT2D eigenvalue weighted by molar-refractivity contribution is -0.167. The molecule has 0 bridgehead atoms. The van der Waals surface area contributed by atoms with E-state index in [-0.39, 0.29) is 31.1 Å². The summed E-state index contributed by atoms with van der Waals surface area (Å²) in [7, 11) is 0. The highest BCUT2D eigenvalue weighted by Gasteiger charge is 2.19. The maximum atomic E-state index is 12.9. The summed E-state index contributed by atoms with van der Waals surface area (Å²) in [4.78, 5) is 38.3. The Hall–Kier alpha value is -4.97. The Bertz CT molecular complexity index is 1840. The van der Waals surface area contributed by atoms with Crippen molar-refractivity contribution in [2.24, 2.45) is 0 Å². The van der Waals surface area contributed by atoms with E-state index in [1.54, 1.807) is 0 Å². The molecule has 0 N–H and O–H groups in total. The highest BCUT2D eigenvalue weighted by molar-refractivity contribution is 5.71. The molecular formula is C77H124O6. The van der Waals surface area contributed by atoms with Crippen LogP contribution in [0.3, 0.4) is 0 Å². The van der Waals surface area contributed by atoms with Gasteiger partial charge in [0.15, 0.2) is 6.10 Å². The van der Waals surface area contributed by atoms with Gasteiger partial charge in [0.25, 0.3) is 0 Å². The van der Waals surface area contributed by atoms with Crippen molar-refractivity contribution in [1.29, 1.82) is 0 Å². The molecular weight excluding hydrogens is 1020 g/mol. The van der Waals surface area contributed by atoms with Crippen LogP contribution in [0.25, 0.3) is 0 Å². The number of carbonyl (C=O) groups is 3. The molecule has 0 saturated carbocycles. The summed E-state index contributed by atoms with van der Waals surface area (Å²) in [6.45, 7) is 6.35. The number of hydrogen-bond acceptors (Lipinski definition) is 6. The first-order valence-electron chi connectivity index (χ1n) is 34.0. The maximum absolute atomic E-state index is 12.9. The Kier molecular flexibility index (Phi) is 65.4. The zero-order chi connectivity index (χ0) is 59.9. The smallest absolute Gasteiger partial charge is 0.306 e. The molecule has 6 heteroatoms. The van der Waals surface area contributed by atoms with Crippen molar-refractivity contribution >= 4 is 17.9 Å². The Morgan fingerprint density at radius 2 is 0.470 bits per heavy atom. The van der Waals surface area contributed by atoms with E-state index in [0.29, 0.717) is 19.3 Å². The summed E-state index contributed by atoms with van der Waals surface area (Å²) in [6, 6.07) is 0. The van der Waals surface area contributed by atoms with Gasteiger partial charge in [-0.1, -0.05) is 281 Å². The molecule has 0 rings (SSSR count). The van der Waals surface area contributed by atoms with Gasteiger partial charge in [-0.15, -0.1) is 0 Å². The van der Waals surface area contributed by atoms with Gasteiger partial charge in [0.1, 0.15) is 13.2 Å². The Morgan fingerprint density at radius 1 is 0.253 bits per heavy atom. The Morgan fingerprint density at radius 3 is 0.747 bits per heavy atom. The fraction of sp³-hybridized carbons (Fsp3) is 0.623. The molecule has 0 aliphatic heterocycles. The number of hydrogen-bond donors (Lipinski definition) is 0. The average Bonchev–Trinajstić information content (AvgIpc) is 3.49. The lowest BCUT2D eigenvalue weighted by atomic mass is 10.0. The van der Waals surface area contributed by atoms with Crippen LogP contribution in [0, 0.1) is 0 Å². The highest BCUT2D eigenvalue weighted by Crippen LogP contribution is 2.15. The molecule has 0 amide bonds. The fourth-order valence-corrected chi connectivity index (χ4v) is 8.97. The third-order valence-corrected chi connectivity index (χ3v) is 14.0. The van der Waals surface area contributed by atoms with Crippen LogP contribution in [0.15, 0.2) is 158 Å². The first-order valence-corrected chi connectivity index (χ1v) is 34.0. The second kappa shape index (κ2) is 69.5. The number of esters is 3. The van der Waals surface area contributed by atoms with Crippen LogP contribution in [-0.4, -0.2) is 37.2 Å². The van der Waals surface area contributed by atoms with Crippen LogP contribution in [0.4, 0.5) is 0 Å². The highest BCUT2D eigenvalue weighted by atomic mass is 16.6. The predicted octanol–water partition coefficient (Wildman–Crippen LogP) is 23.7. The lowest BCUT2D eigenvalue weighted by Gasteiger charge is -2.18. The molecule has 0 aromatic rings. The Balaban J connectivity index is 4.31. The third kappa shape index (κ3) is 67.7. The van der Waals surface area contributed by atoms with E-state index < -0.39 is 6.10 Å². The first-order chi connectivity index (χ1) is 41.0. The van der Waals surface area contributed by atoms with Crippen molar-refractivity contribution in [2.45, 2.75) is 297 Å². The van der Waals surface area contributed by atoms with Crippen molar-refractivity contribution in [3.8, 4) is 0 Å². The van der Waals surface area contributed by atoms with Crippen LogP contribution in [0.1, 0.15) is 290 Å². The average molecular weight is 1150 g/mol. The summed E-state index contributed by atoms with van der Waals surface area (Å²) in [5.41, 5.74) is 0. The van der Waals surface area contributed by atoms with E-state index in [9.17, 15) is 14.4 Å². The minimum absolute atomic E-state index is 0.0993. The van der Waals surface area contributed by atoms with Gasteiger partial charge in [-0.25, -0.2) is 0 Å². The number of unbranched alkanes of at least 4 members (excludes halogenated alkanes) is 23. The Labute approximate surface area is 511 Å². The number of rotatable bonds is 60.